The van der Waals surface area contributed by atoms with Crippen molar-refractivity contribution in [2.45, 2.75) is 56.5 Å². The van der Waals surface area contributed by atoms with Gasteiger partial charge in [0.1, 0.15) is 5.75 Å². The molecule has 2 heterocycles. The minimum Gasteiger partial charge on any atom is -0.497 e. The Bertz CT molecular complexity index is 968. The first-order valence-corrected chi connectivity index (χ1v) is 10.5. The third-order valence-corrected chi connectivity index (χ3v) is 6.76. The number of aliphatic hydroxyl groups is 1. The van der Waals surface area contributed by atoms with Crippen LogP contribution in [0.15, 0.2) is 49.1 Å². The summed E-state index contributed by atoms with van der Waals surface area (Å²) in [5, 5.41) is 11.4. The Kier molecular flexibility index (Phi) is 4.59. The number of aromatic nitrogens is 2. The minimum absolute atomic E-state index is 0.320. The zero-order chi connectivity index (χ0) is 19.1. The van der Waals surface area contributed by atoms with Crippen molar-refractivity contribution in [2.75, 3.05) is 7.11 Å². The topological polar surface area (TPSA) is 46.8 Å². The highest BCUT2D eigenvalue weighted by atomic mass is 16.5. The molecule has 2 aromatic heterocycles. The van der Waals surface area contributed by atoms with Crippen molar-refractivity contribution in [3.8, 4) is 5.75 Å². The summed E-state index contributed by atoms with van der Waals surface area (Å²) in [6.45, 7) is 0. The smallest absolute Gasteiger partial charge is 0.119 e. The van der Waals surface area contributed by atoms with Gasteiger partial charge in [-0.2, -0.15) is 0 Å². The van der Waals surface area contributed by atoms with Crippen LogP contribution in [0.2, 0.25) is 0 Å². The van der Waals surface area contributed by atoms with Crippen LogP contribution < -0.4 is 4.74 Å². The van der Waals surface area contributed by atoms with Gasteiger partial charge in [-0.25, -0.2) is 4.98 Å². The molecule has 1 atom stereocenters. The maximum Gasteiger partial charge on any atom is 0.119 e. The maximum atomic E-state index is 11.4. The van der Waals surface area contributed by atoms with Gasteiger partial charge in [-0.05, 0) is 85.6 Å². The van der Waals surface area contributed by atoms with Crippen molar-refractivity contribution < 1.29 is 9.84 Å². The van der Waals surface area contributed by atoms with E-state index in [4.69, 9.17) is 4.74 Å². The number of imidazole rings is 1. The van der Waals surface area contributed by atoms with Crippen LogP contribution in [0.25, 0.3) is 5.52 Å². The van der Waals surface area contributed by atoms with E-state index < -0.39 is 6.10 Å². The average molecular weight is 377 g/mol. The number of ether oxygens (including phenoxy) is 1. The van der Waals surface area contributed by atoms with Crippen LogP contribution in [0, 0.1) is 5.92 Å². The first kappa shape index (κ1) is 17.7. The number of fused-ring (bicyclic) bond motifs is 1. The lowest BCUT2D eigenvalue weighted by Gasteiger charge is -2.33. The molecule has 0 saturated heterocycles. The summed E-state index contributed by atoms with van der Waals surface area (Å²) in [6.07, 6.45) is 12.3. The van der Waals surface area contributed by atoms with Gasteiger partial charge in [0, 0.05) is 11.8 Å². The number of hydrogen-bond acceptors (Lipinski definition) is 3. The molecular weight excluding hydrogens is 348 g/mol. The van der Waals surface area contributed by atoms with E-state index in [0.29, 0.717) is 17.8 Å². The number of rotatable bonds is 5. The van der Waals surface area contributed by atoms with Crippen molar-refractivity contribution in [1.82, 2.24) is 9.38 Å². The maximum absolute atomic E-state index is 11.4. The molecule has 2 fully saturated rings. The molecule has 4 nitrogen and oxygen atoms in total. The molecule has 0 radical (unpaired) electrons. The second-order valence-corrected chi connectivity index (χ2v) is 8.48. The summed E-state index contributed by atoms with van der Waals surface area (Å²) in [6, 6.07) is 10.7. The van der Waals surface area contributed by atoms with E-state index in [1.54, 1.807) is 7.11 Å². The zero-order valence-corrected chi connectivity index (χ0v) is 16.4. The summed E-state index contributed by atoms with van der Waals surface area (Å²) in [5.74, 6) is 2.44. The van der Waals surface area contributed by atoms with E-state index in [2.05, 4.69) is 35.4 Å². The lowest BCUT2D eigenvalue weighted by Crippen LogP contribution is -2.21. The molecule has 1 aromatic carbocycles. The van der Waals surface area contributed by atoms with Gasteiger partial charge in [-0.1, -0.05) is 12.1 Å². The predicted octanol–water partition coefficient (Wildman–Crippen LogP) is 5.23. The van der Waals surface area contributed by atoms with Crippen LogP contribution in [-0.2, 0) is 0 Å². The third-order valence-electron chi connectivity index (χ3n) is 6.76. The third kappa shape index (κ3) is 3.20. The summed E-state index contributed by atoms with van der Waals surface area (Å²) in [5.41, 5.74) is 4.92. The largest absolute Gasteiger partial charge is 0.497 e. The normalized spacial score (nSPS) is 23.6. The summed E-state index contributed by atoms with van der Waals surface area (Å²) < 4.78 is 7.44. The Labute approximate surface area is 166 Å². The van der Waals surface area contributed by atoms with Gasteiger partial charge in [0.05, 0.1) is 31.3 Å². The highest BCUT2D eigenvalue weighted by Crippen LogP contribution is 2.48. The molecule has 4 heteroatoms. The van der Waals surface area contributed by atoms with Gasteiger partial charge in [-0.3, -0.25) is 0 Å². The number of aliphatic hydroxyl groups excluding tert-OH is 1. The van der Waals surface area contributed by atoms with E-state index in [-0.39, 0.29) is 0 Å². The molecule has 1 N–H and O–H groups in total. The van der Waals surface area contributed by atoms with Gasteiger partial charge in [0.15, 0.2) is 0 Å². The molecule has 5 rings (SSSR count). The molecule has 2 saturated carbocycles. The molecule has 0 amide bonds. The Hall–Kier alpha value is -2.33. The Morgan fingerprint density at radius 3 is 2.61 bits per heavy atom. The molecule has 0 aliphatic heterocycles. The van der Waals surface area contributed by atoms with Crippen LogP contribution in [0.5, 0.6) is 5.75 Å². The molecule has 2 aliphatic rings. The summed E-state index contributed by atoms with van der Waals surface area (Å²) >= 11 is 0. The zero-order valence-electron chi connectivity index (χ0n) is 16.4. The average Bonchev–Trinajstić information content (AvgIpc) is 3.49. The first-order valence-electron chi connectivity index (χ1n) is 10.5. The monoisotopic (exact) mass is 376 g/mol. The quantitative estimate of drug-likeness (QED) is 0.663. The van der Waals surface area contributed by atoms with Crippen molar-refractivity contribution in [3.05, 3.63) is 65.7 Å². The first-order chi connectivity index (χ1) is 13.7. The second kappa shape index (κ2) is 7.25. The van der Waals surface area contributed by atoms with Gasteiger partial charge >= 0.3 is 0 Å². The van der Waals surface area contributed by atoms with Gasteiger partial charge in [0.25, 0.3) is 0 Å². The van der Waals surface area contributed by atoms with Crippen LogP contribution in [0.1, 0.15) is 73.2 Å². The predicted molar refractivity (Wildman–Crippen MR) is 110 cm³/mol. The van der Waals surface area contributed by atoms with E-state index in [0.717, 1.165) is 42.5 Å². The fourth-order valence-corrected chi connectivity index (χ4v) is 5.00. The molecule has 28 heavy (non-hydrogen) atoms. The van der Waals surface area contributed by atoms with E-state index in [1.165, 1.54) is 24.0 Å². The van der Waals surface area contributed by atoms with Crippen molar-refractivity contribution >= 4 is 5.52 Å². The second-order valence-electron chi connectivity index (χ2n) is 8.48. The Morgan fingerprint density at radius 2 is 1.86 bits per heavy atom. The molecule has 0 spiro atoms. The van der Waals surface area contributed by atoms with E-state index in [9.17, 15) is 5.11 Å². The van der Waals surface area contributed by atoms with Crippen LogP contribution >= 0.6 is 0 Å². The number of benzene rings is 1. The molecule has 2 aliphatic carbocycles. The highest BCUT2D eigenvalue weighted by Gasteiger charge is 2.34. The molecule has 0 bridgehead atoms. The minimum atomic E-state index is -0.401. The number of hydrogen-bond donors (Lipinski definition) is 1. The summed E-state index contributed by atoms with van der Waals surface area (Å²) in [4.78, 5) is 4.32. The lowest BCUT2D eigenvalue weighted by atomic mass is 9.75. The molecular formula is C24H28N2O2. The van der Waals surface area contributed by atoms with Gasteiger partial charge < -0.3 is 14.2 Å². The van der Waals surface area contributed by atoms with E-state index in [1.807, 2.05) is 23.0 Å². The number of methoxy groups -OCH3 is 1. The summed E-state index contributed by atoms with van der Waals surface area (Å²) in [7, 11) is 1.72. The fourth-order valence-electron chi connectivity index (χ4n) is 5.00. The Morgan fingerprint density at radius 1 is 1.07 bits per heavy atom. The lowest BCUT2D eigenvalue weighted by molar-refractivity contribution is 0.0810. The van der Waals surface area contributed by atoms with Crippen molar-refractivity contribution in [1.29, 1.82) is 0 Å². The molecule has 146 valence electrons. The number of pyridine rings is 1. The Balaban J connectivity index is 1.36. The fraction of sp³-hybridized carbons (Fsp3) is 0.458. The number of nitrogens with zero attached hydrogens (tertiary/aromatic N) is 2. The van der Waals surface area contributed by atoms with Crippen molar-refractivity contribution in [3.63, 3.8) is 0 Å². The standard InChI is InChI=1S/C24H28N2O2/c1-28-20-4-2-3-19(13-20)16-5-9-18(10-6-16)24(27)23-21(17-7-8-17)11-12-26-15-25-14-22(23)26/h2-4,11-18,24,27H,5-10H2,1H3/t16-,18-,24-/m1/s1. The molecule has 3 aromatic rings. The highest BCUT2D eigenvalue weighted by molar-refractivity contribution is 5.59. The van der Waals surface area contributed by atoms with E-state index >= 15 is 0 Å². The van der Waals surface area contributed by atoms with Crippen molar-refractivity contribution in [2.24, 2.45) is 5.92 Å². The molecule has 0 unspecified atom stereocenters. The SMILES string of the molecule is COc1cccc([C@H]2CC[C@H]([C@@H](O)c3c(C4CC4)ccn4cncc34)CC2)c1. The van der Waals surface area contributed by atoms with Crippen LogP contribution in [-0.4, -0.2) is 21.6 Å². The van der Waals surface area contributed by atoms with Gasteiger partial charge in [-0.15, -0.1) is 0 Å². The van der Waals surface area contributed by atoms with Gasteiger partial charge in [0.2, 0.25) is 0 Å². The van der Waals surface area contributed by atoms with Crippen LogP contribution in [0.4, 0.5) is 0 Å². The van der Waals surface area contributed by atoms with Crippen LogP contribution in [0.3, 0.4) is 0 Å².